The van der Waals surface area contributed by atoms with Gasteiger partial charge < -0.3 is 5.73 Å². The number of halogens is 1. The molecule has 0 amide bonds. The molecule has 1 unspecified atom stereocenters. The molecule has 1 saturated heterocycles. The van der Waals surface area contributed by atoms with Crippen LogP contribution in [0.15, 0.2) is 4.90 Å². The van der Waals surface area contributed by atoms with E-state index in [1.165, 1.54) is 4.31 Å². The summed E-state index contributed by atoms with van der Waals surface area (Å²) in [5.74, 6) is 0. The molecule has 2 heterocycles. The Morgan fingerprint density at radius 3 is 2.53 bits per heavy atom. The van der Waals surface area contributed by atoms with Crippen molar-refractivity contribution in [2.45, 2.75) is 37.6 Å². The zero-order valence-electron chi connectivity index (χ0n) is 11.5. The van der Waals surface area contributed by atoms with Crippen molar-refractivity contribution in [3.63, 3.8) is 0 Å². The van der Waals surface area contributed by atoms with Crippen LogP contribution in [0.5, 0.6) is 0 Å². The molecule has 1 aliphatic heterocycles. The largest absolute Gasteiger partial charge is 0.329 e. The lowest BCUT2D eigenvalue weighted by Crippen LogP contribution is -2.40. The van der Waals surface area contributed by atoms with Crippen LogP contribution in [0.1, 0.15) is 24.2 Å². The van der Waals surface area contributed by atoms with Crippen LogP contribution in [0, 0.1) is 13.8 Å². The second-order valence-corrected chi connectivity index (χ2v) is 6.60. The van der Waals surface area contributed by atoms with E-state index >= 15 is 0 Å². The first-order valence-electron chi connectivity index (χ1n) is 6.11. The maximum atomic E-state index is 12.7. The minimum Gasteiger partial charge on any atom is -0.329 e. The van der Waals surface area contributed by atoms with Gasteiger partial charge in [-0.1, -0.05) is 0 Å². The van der Waals surface area contributed by atoms with Crippen molar-refractivity contribution in [3.8, 4) is 0 Å². The highest BCUT2D eigenvalue weighted by Gasteiger charge is 2.37. The van der Waals surface area contributed by atoms with Crippen LogP contribution in [-0.4, -0.2) is 41.6 Å². The number of nitrogens with two attached hydrogens (primary N) is 1. The second kappa shape index (κ2) is 5.78. The average molecular weight is 309 g/mol. The number of nitrogens with zero attached hydrogens (tertiary/aromatic N) is 3. The van der Waals surface area contributed by atoms with E-state index in [-0.39, 0.29) is 18.4 Å². The van der Waals surface area contributed by atoms with Gasteiger partial charge in [-0.2, -0.15) is 9.40 Å². The fourth-order valence-electron chi connectivity index (χ4n) is 2.61. The maximum Gasteiger partial charge on any atom is 0.247 e. The molecule has 0 bridgehead atoms. The first kappa shape index (κ1) is 16.4. The van der Waals surface area contributed by atoms with Crippen molar-refractivity contribution >= 4 is 22.4 Å². The lowest BCUT2D eigenvalue weighted by Gasteiger charge is -2.22. The van der Waals surface area contributed by atoms with Crippen molar-refractivity contribution in [2.24, 2.45) is 12.8 Å². The van der Waals surface area contributed by atoms with Gasteiger partial charge in [-0.05, 0) is 26.7 Å². The number of aryl methyl sites for hydroxylation is 2. The van der Waals surface area contributed by atoms with Gasteiger partial charge in [0.25, 0.3) is 0 Å². The van der Waals surface area contributed by atoms with Crippen molar-refractivity contribution < 1.29 is 8.42 Å². The molecule has 6 nitrogen and oxygen atoms in total. The molecule has 2 rings (SSSR count). The number of sulfonamides is 1. The van der Waals surface area contributed by atoms with E-state index in [1.54, 1.807) is 25.6 Å². The maximum absolute atomic E-state index is 12.7. The normalized spacial score (nSPS) is 20.5. The fourth-order valence-corrected chi connectivity index (χ4v) is 4.71. The zero-order valence-corrected chi connectivity index (χ0v) is 13.1. The van der Waals surface area contributed by atoms with Crippen molar-refractivity contribution in [1.29, 1.82) is 0 Å². The molecule has 0 radical (unpaired) electrons. The zero-order chi connectivity index (χ0) is 13.5. The van der Waals surface area contributed by atoms with Gasteiger partial charge >= 0.3 is 0 Å². The SMILES string of the molecule is Cc1nn(C)c(C)c1S(=O)(=O)N1CCCC1CN.Cl. The third kappa shape index (κ3) is 2.65. The topological polar surface area (TPSA) is 81.2 Å². The van der Waals surface area contributed by atoms with Gasteiger partial charge in [-0.15, -0.1) is 12.4 Å². The van der Waals surface area contributed by atoms with Crippen molar-refractivity contribution in [3.05, 3.63) is 11.4 Å². The van der Waals surface area contributed by atoms with Crippen LogP contribution in [-0.2, 0) is 17.1 Å². The first-order valence-corrected chi connectivity index (χ1v) is 7.55. The summed E-state index contributed by atoms with van der Waals surface area (Å²) in [6.07, 6.45) is 1.72. The molecule has 1 aliphatic rings. The lowest BCUT2D eigenvalue weighted by molar-refractivity contribution is 0.392. The Morgan fingerprint density at radius 1 is 1.42 bits per heavy atom. The monoisotopic (exact) mass is 308 g/mol. The van der Waals surface area contributed by atoms with E-state index in [2.05, 4.69) is 5.10 Å². The second-order valence-electron chi connectivity index (χ2n) is 4.77. The number of hydrogen-bond acceptors (Lipinski definition) is 4. The first-order chi connectivity index (χ1) is 8.39. The Labute approximate surface area is 120 Å². The van der Waals surface area contributed by atoms with E-state index in [4.69, 9.17) is 5.73 Å². The summed E-state index contributed by atoms with van der Waals surface area (Å²) in [6.45, 7) is 4.43. The molecule has 0 saturated carbocycles. The lowest BCUT2D eigenvalue weighted by atomic mass is 10.2. The van der Waals surface area contributed by atoms with Gasteiger partial charge in [0.1, 0.15) is 4.90 Å². The Hall–Kier alpha value is -0.630. The van der Waals surface area contributed by atoms with Gasteiger partial charge in [0.2, 0.25) is 10.0 Å². The van der Waals surface area contributed by atoms with Crippen LogP contribution in [0.4, 0.5) is 0 Å². The van der Waals surface area contributed by atoms with E-state index in [0.29, 0.717) is 29.4 Å². The van der Waals surface area contributed by atoms with Crippen molar-refractivity contribution in [1.82, 2.24) is 14.1 Å². The molecule has 0 aliphatic carbocycles. The van der Waals surface area contributed by atoms with Gasteiger partial charge in [0.05, 0.1) is 11.4 Å². The Morgan fingerprint density at radius 2 is 2.05 bits per heavy atom. The van der Waals surface area contributed by atoms with Crippen molar-refractivity contribution in [2.75, 3.05) is 13.1 Å². The van der Waals surface area contributed by atoms with Gasteiger partial charge in [-0.3, -0.25) is 4.68 Å². The molecule has 2 N–H and O–H groups in total. The fraction of sp³-hybridized carbons (Fsp3) is 0.727. The Bertz CT molecular complexity index is 555. The Kier molecular flexibility index (Phi) is 5.00. The predicted molar refractivity (Wildman–Crippen MR) is 75.9 cm³/mol. The highest BCUT2D eigenvalue weighted by atomic mass is 35.5. The highest BCUT2D eigenvalue weighted by molar-refractivity contribution is 7.89. The quantitative estimate of drug-likeness (QED) is 0.885. The van der Waals surface area contributed by atoms with Crippen LogP contribution >= 0.6 is 12.4 Å². The van der Waals surface area contributed by atoms with Crippen LogP contribution in [0.3, 0.4) is 0 Å². The van der Waals surface area contributed by atoms with Crippen LogP contribution < -0.4 is 5.73 Å². The summed E-state index contributed by atoms with van der Waals surface area (Å²) in [4.78, 5) is 0.338. The molecule has 1 aromatic heterocycles. The molecule has 0 aromatic carbocycles. The summed E-state index contributed by atoms with van der Waals surface area (Å²) in [5, 5.41) is 4.18. The van der Waals surface area contributed by atoms with E-state index in [1.807, 2.05) is 0 Å². The van der Waals surface area contributed by atoms with Crippen LogP contribution in [0.25, 0.3) is 0 Å². The molecule has 110 valence electrons. The number of rotatable bonds is 3. The van der Waals surface area contributed by atoms with Gasteiger partial charge in [0.15, 0.2) is 0 Å². The molecule has 19 heavy (non-hydrogen) atoms. The smallest absolute Gasteiger partial charge is 0.247 e. The average Bonchev–Trinajstić information content (AvgIpc) is 2.85. The summed E-state index contributed by atoms with van der Waals surface area (Å²) in [7, 11) is -1.71. The van der Waals surface area contributed by atoms with Crippen LogP contribution in [0.2, 0.25) is 0 Å². The van der Waals surface area contributed by atoms with E-state index < -0.39 is 10.0 Å². The molecule has 1 atom stereocenters. The number of hydrogen-bond donors (Lipinski definition) is 1. The molecule has 1 fully saturated rings. The molecule has 8 heteroatoms. The van der Waals surface area contributed by atoms with E-state index in [9.17, 15) is 8.42 Å². The third-order valence-corrected chi connectivity index (χ3v) is 5.81. The summed E-state index contributed by atoms with van der Waals surface area (Å²) in [5.41, 5.74) is 6.88. The van der Waals surface area contributed by atoms with Gasteiger partial charge in [0, 0.05) is 26.2 Å². The molecular formula is C11H21ClN4O2S. The molecular weight excluding hydrogens is 288 g/mol. The third-order valence-electron chi connectivity index (χ3n) is 3.60. The molecule has 0 spiro atoms. The van der Waals surface area contributed by atoms with E-state index in [0.717, 1.165) is 12.8 Å². The number of aromatic nitrogens is 2. The summed E-state index contributed by atoms with van der Waals surface area (Å²) >= 11 is 0. The minimum atomic E-state index is -3.47. The predicted octanol–water partition coefficient (Wildman–Crippen LogP) is 0.571. The summed E-state index contributed by atoms with van der Waals surface area (Å²) in [6, 6.07) is -0.0750. The molecule has 1 aromatic rings. The highest BCUT2D eigenvalue weighted by Crippen LogP contribution is 2.28. The summed E-state index contributed by atoms with van der Waals surface area (Å²) < 4.78 is 28.5. The standard InChI is InChI=1S/C11H20N4O2S.ClH/c1-8-11(9(2)14(3)13-8)18(16,17)15-6-4-5-10(15)7-12;/h10H,4-7,12H2,1-3H3;1H. The van der Waals surface area contributed by atoms with Gasteiger partial charge in [-0.25, -0.2) is 8.42 Å². The minimum absolute atomic E-state index is 0. The Balaban J connectivity index is 0.00000180.